The van der Waals surface area contributed by atoms with Gasteiger partial charge in [-0.2, -0.15) is 0 Å². The van der Waals surface area contributed by atoms with Crippen molar-refractivity contribution in [3.63, 3.8) is 0 Å². The molecule has 7 rings (SSSR count). The van der Waals surface area contributed by atoms with E-state index in [0.29, 0.717) is 11.8 Å². The number of aromatic nitrogens is 2. The van der Waals surface area contributed by atoms with Gasteiger partial charge in [0.05, 0.1) is 23.1 Å². The van der Waals surface area contributed by atoms with Gasteiger partial charge in [0.15, 0.2) is 0 Å². The molecule has 0 saturated heterocycles. The molecule has 0 aliphatic carbocycles. The molecule has 5 aromatic carbocycles. The summed E-state index contributed by atoms with van der Waals surface area (Å²) in [7, 11) is 0. The number of benzene rings is 5. The highest BCUT2D eigenvalue weighted by atomic mass is 16.3. The van der Waals surface area contributed by atoms with E-state index in [1.807, 2.05) is 6.26 Å². The molecule has 0 aliphatic heterocycles. The SMILES string of the molecule is CC(C)c1cccc(C(C)C)c1Cn1c(-c2coc3ccc(-c4cccc5ccccc45)cc23)nc2ccccc21. The number of hydrogen-bond donors (Lipinski definition) is 0. The number of nitrogens with zero attached hydrogens (tertiary/aromatic N) is 2. The summed E-state index contributed by atoms with van der Waals surface area (Å²) < 4.78 is 8.54. The van der Waals surface area contributed by atoms with E-state index in [1.165, 1.54) is 38.6 Å². The van der Waals surface area contributed by atoms with E-state index in [0.717, 1.165) is 39.9 Å². The second-order valence-electron chi connectivity index (χ2n) is 11.6. The van der Waals surface area contributed by atoms with E-state index >= 15 is 0 Å². The molecule has 0 amide bonds. The van der Waals surface area contributed by atoms with Crippen LogP contribution < -0.4 is 0 Å². The normalized spacial score (nSPS) is 12.0. The van der Waals surface area contributed by atoms with Crippen LogP contribution in [0.3, 0.4) is 0 Å². The van der Waals surface area contributed by atoms with Crippen molar-refractivity contribution in [3.8, 4) is 22.5 Å². The lowest BCUT2D eigenvalue weighted by Crippen LogP contribution is -2.10. The first kappa shape index (κ1) is 25.3. The van der Waals surface area contributed by atoms with Gasteiger partial charge in [0, 0.05) is 5.39 Å². The van der Waals surface area contributed by atoms with Gasteiger partial charge in [0.1, 0.15) is 17.7 Å². The third-order valence-electron chi connectivity index (χ3n) is 8.38. The molecule has 3 nitrogen and oxygen atoms in total. The van der Waals surface area contributed by atoms with Crippen molar-refractivity contribution in [1.82, 2.24) is 9.55 Å². The lowest BCUT2D eigenvalue weighted by atomic mass is 9.88. The average molecular weight is 535 g/mol. The molecule has 0 aliphatic rings. The second-order valence-corrected chi connectivity index (χ2v) is 11.6. The van der Waals surface area contributed by atoms with Crippen LogP contribution in [-0.4, -0.2) is 9.55 Å². The highest BCUT2D eigenvalue weighted by molar-refractivity contribution is 6.01. The molecule has 0 atom stereocenters. The average Bonchev–Trinajstić information content (AvgIpc) is 3.57. The molecule has 0 spiro atoms. The third kappa shape index (κ3) is 4.33. The molecule has 0 fully saturated rings. The number of fused-ring (bicyclic) bond motifs is 3. The van der Waals surface area contributed by atoms with Crippen LogP contribution in [-0.2, 0) is 6.54 Å². The molecule has 0 unspecified atom stereocenters. The zero-order valence-electron chi connectivity index (χ0n) is 24.1. The van der Waals surface area contributed by atoms with Gasteiger partial charge in [0.2, 0.25) is 0 Å². The molecule has 3 heteroatoms. The van der Waals surface area contributed by atoms with Crippen LogP contribution in [0.2, 0.25) is 0 Å². The zero-order chi connectivity index (χ0) is 28.1. The van der Waals surface area contributed by atoms with Crippen molar-refractivity contribution in [3.05, 3.63) is 126 Å². The van der Waals surface area contributed by atoms with E-state index in [-0.39, 0.29) is 0 Å². The largest absolute Gasteiger partial charge is 0.464 e. The van der Waals surface area contributed by atoms with Crippen molar-refractivity contribution in [2.45, 2.75) is 46.1 Å². The Morgan fingerprint density at radius 2 is 1.39 bits per heavy atom. The van der Waals surface area contributed by atoms with Gasteiger partial charge in [-0.05, 0) is 74.7 Å². The maximum absolute atomic E-state index is 6.15. The van der Waals surface area contributed by atoms with Crippen molar-refractivity contribution in [2.75, 3.05) is 0 Å². The number of imidazole rings is 1. The van der Waals surface area contributed by atoms with Crippen molar-refractivity contribution < 1.29 is 4.42 Å². The summed E-state index contributed by atoms with van der Waals surface area (Å²) in [4.78, 5) is 5.21. The molecular formula is C38H34N2O. The zero-order valence-corrected chi connectivity index (χ0v) is 24.1. The summed E-state index contributed by atoms with van der Waals surface area (Å²) in [6.45, 7) is 9.90. The van der Waals surface area contributed by atoms with Gasteiger partial charge in [0.25, 0.3) is 0 Å². The standard InChI is InChI=1S/C38H34N2O/c1-24(2)28-14-10-15-29(25(3)4)33(28)22-40-36-18-8-7-17-35(36)39-38(40)34-23-41-37-20-19-27(21-32(34)37)31-16-9-12-26-11-5-6-13-30(26)31/h5-21,23-25H,22H2,1-4H3. The molecule has 7 aromatic rings. The van der Waals surface area contributed by atoms with E-state index < -0.39 is 0 Å². The Kier molecular flexibility index (Phi) is 6.23. The second kappa shape index (κ2) is 10.1. The predicted octanol–water partition coefficient (Wildman–Crippen LogP) is 10.6. The smallest absolute Gasteiger partial charge is 0.145 e. The monoisotopic (exact) mass is 534 g/mol. The highest BCUT2D eigenvalue weighted by Crippen LogP contribution is 2.38. The Bertz CT molecular complexity index is 2010. The molecule has 2 aromatic heterocycles. The van der Waals surface area contributed by atoms with Gasteiger partial charge in [-0.1, -0.05) is 107 Å². The van der Waals surface area contributed by atoms with E-state index in [1.54, 1.807) is 0 Å². The third-order valence-corrected chi connectivity index (χ3v) is 8.38. The Morgan fingerprint density at radius 1 is 0.683 bits per heavy atom. The minimum absolute atomic E-state index is 0.431. The summed E-state index contributed by atoms with van der Waals surface area (Å²) in [5, 5.41) is 3.57. The van der Waals surface area contributed by atoms with Gasteiger partial charge in [-0.25, -0.2) is 4.98 Å². The number of para-hydroxylation sites is 2. The van der Waals surface area contributed by atoms with E-state index in [4.69, 9.17) is 9.40 Å². The Balaban J connectivity index is 1.44. The van der Waals surface area contributed by atoms with Crippen LogP contribution in [0.1, 0.15) is 56.2 Å². The minimum Gasteiger partial charge on any atom is -0.464 e. The molecule has 2 heterocycles. The number of rotatable bonds is 6. The van der Waals surface area contributed by atoms with Gasteiger partial charge in [-0.15, -0.1) is 0 Å². The lowest BCUT2D eigenvalue weighted by molar-refractivity contribution is 0.616. The fraction of sp³-hybridized carbons (Fsp3) is 0.184. The lowest BCUT2D eigenvalue weighted by Gasteiger charge is -2.21. The van der Waals surface area contributed by atoms with Gasteiger partial charge in [-0.3, -0.25) is 0 Å². The minimum atomic E-state index is 0.431. The molecule has 0 bridgehead atoms. The quantitative estimate of drug-likeness (QED) is 0.212. The topological polar surface area (TPSA) is 31.0 Å². The van der Waals surface area contributed by atoms with Crippen molar-refractivity contribution >= 4 is 32.8 Å². The molecule has 0 saturated carbocycles. The maximum atomic E-state index is 6.15. The number of furan rings is 1. The summed E-state index contributed by atoms with van der Waals surface area (Å²) in [5.41, 5.74) is 10.6. The van der Waals surface area contributed by atoms with Crippen molar-refractivity contribution in [1.29, 1.82) is 0 Å². The van der Waals surface area contributed by atoms with Crippen LogP contribution in [0.4, 0.5) is 0 Å². The van der Waals surface area contributed by atoms with Crippen LogP contribution in [0, 0.1) is 0 Å². The molecule has 41 heavy (non-hydrogen) atoms. The Morgan fingerprint density at radius 3 is 2.20 bits per heavy atom. The molecular weight excluding hydrogens is 500 g/mol. The number of hydrogen-bond acceptors (Lipinski definition) is 2. The predicted molar refractivity (Wildman–Crippen MR) is 172 cm³/mol. The van der Waals surface area contributed by atoms with E-state index in [9.17, 15) is 0 Å². The highest BCUT2D eigenvalue weighted by Gasteiger charge is 2.21. The van der Waals surface area contributed by atoms with Crippen LogP contribution in [0.25, 0.3) is 55.3 Å². The summed E-state index contributed by atoms with van der Waals surface area (Å²) in [5.74, 6) is 1.80. The summed E-state index contributed by atoms with van der Waals surface area (Å²) in [6, 6.07) is 36.8. The first-order valence-corrected chi connectivity index (χ1v) is 14.6. The van der Waals surface area contributed by atoms with Crippen LogP contribution in [0.5, 0.6) is 0 Å². The first-order valence-electron chi connectivity index (χ1n) is 14.6. The fourth-order valence-electron chi connectivity index (χ4n) is 6.33. The first-order chi connectivity index (χ1) is 20.0. The molecule has 0 radical (unpaired) electrons. The van der Waals surface area contributed by atoms with Crippen LogP contribution >= 0.6 is 0 Å². The maximum Gasteiger partial charge on any atom is 0.145 e. The molecule has 0 N–H and O–H groups in total. The fourth-order valence-corrected chi connectivity index (χ4v) is 6.33. The summed E-state index contributed by atoms with van der Waals surface area (Å²) in [6.07, 6.45) is 1.88. The van der Waals surface area contributed by atoms with Gasteiger partial charge >= 0.3 is 0 Å². The Labute approximate surface area is 241 Å². The Hall–Kier alpha value is -4.63. The molecule has 202 valence electrons. The van der Waals surface area contributed by atoms with Crippen LogP contribution in [0.15, 0.2) is 114 Å². The van der Waals surface area contributed by atoms with E-state index in [2.05, 4.69) is 135 Å². The van der Waals surface area contributed by atoms with Crippen molar-refractivity contribution in [2.24, 2.45) is 0 Å². The van der Waals surface area contributed by atoms with Gasteiger partial charge < -0.3 is 8.98 Å². The summed E-state index contributed by atoms with van der Waals surface area (Å²) >= 11 is 0.